The van der Waals surface area contributed by atoms with E-state index in [-0.39, 0.29) is 36.5 Å². The molecule has 1 N–H and O–H groups in total. The van der Waals surface area contributed by atoms with E-state index >= 15 is 4.39 Å². The van der Waals surface area contributed by atoms with Crippen molar-refractivity contribution in [3.8, 4) is 0 Å². The molecule has 1 aliphatic rings. The van der Waals surface area contributed by atoms with Crippen molar-refractivity contribution in [1.82, 2.24) is 9.55 Å². The molecule has 2 aromatic carbocycles. The quantitative estimate of drug-likeness (QED) is 0.264. The summed E-state index contributed by atoms with van der Waals surface area (Å²) in [5.41, 5.74) is 2.10. The lowest BCUT2D eigenvalue weighted by atomic mass is 9.95. The Kier molecular flexibility index (Phi) is 7.61. The van der Waals surface area contributed by atoms with Gasteiger partial charge in [-0.15, -0.1) is 0 Å². The molecule has 0 amide bonds. The number of ketones is 1. The molecule has 1 heterocycles. The normalized spacial score (nSPS) is 13.8. The number of aliphatic hydroxyl groups excluding tert-OH is 1. The zero-order valence-electron chi connectivity index (χ0n) is 17.6. The van der Waals surface area contributed by atoms with Crippen molar-refractivity contribution in [3.63, 3.8) is 0 Å². The zero-order chi connectivity index (χ0) is 22.7. The number of Topliss-reactive ketones (excluding diaryl/α,β-unsaturated/α-hetero) is 1. The molecule has 0 bridgehead atoms. The minimum atomic E-state index is -0.507. The summed E-state index contributed by atoms with van der Waals surface area (Å²) < 4.78 is 23.9. The summed E-state index contributed by atoms with van der Waals surface area (Å²) in [7, 11) is 0. The van der Waals surface area contributed by atoms with Crippen LogP contribution in [-0.2, 0) is 17.7 Å². The van der Waals surface area contributed by atoms with Crippen LogP contribution in [0.2, 0.25) is 5.02 Å². The third-order valence-corrected chi connectivity index (χ3v) is 6.58. The Morgan fingerprint density at radius 3 is 2.84 bits per heavy atom. The summed E-state index contributed by atoms with van der Waals surface area (Å²) in [5.74, 6) is -0.221. The number of carbonyl (C=O) groups is 1. The predicted octanol–water partition coefficient (Wildman–Crippen LogP) is 5.56. The van der Waals surface area contributed by atoms with Gasteiger partial charge in [-0.1, -0.05) is 33.6 Å². The maximum atomic E-state index is 15.7. The van der Waals surface area contributed by atoms with Crippen LogP contribution in [0.4, 0.5) is 4.39 Å². The van der Waals surface area contributed by atoms with Crippen molar-refractivity contribution in [2.45, 2.75) is 38.6 Å². The number of hydrogen-bond donors (Lipinski definition) is 1. The Morgan fingerprint density at radius 1 is 1.31 bits per heavy atom. The highest BCUT2D eigenvalue weighted by atomic mass is 79.9. The maximum Gasteiger partial charge on any atom is 0.188 e. The summed E-state index contributed by atoms with van der Waals surface area (Å²) in [6.07, 6.45) is 5.40. The first-order chi connectivity index (χ1) is 15.5. The number of aliphatic hydroxyl groups is 1. The van der Waals surface area contributed by atoms with Gasteiger partial charge in [-0.3, -0.25) is 4.79 Å². The van der Waals surface area contributed by atoms with Crippen molar-refractivity contribution in [2.75, 3.05) is 19.8 Å². The summed E-state index contributed by atoms with van der Waals surface area (Å²) in [5, 5.41) is 9.55. The number of hydrogen-bond acceptors (Lipinski definition) is 4. The van der Waals surface area contributed by atoms with E-state index in [1.54, 1.807) is 18.5 Å². The molecule has 170 valence electrons. The molecular formula is C24H25BrClFN2O3. The Bertz CT molecular complexity index is 1130. The minimum absolute atomic E-state index is 0.0822. The fourth-order valence-electron chi connectivity index (χ4n) is 3.73. The largest absolute Gasteiger partial charge is 0.396 e. The number of benzene rings is 2. The number of nitrogens with zero attached hydrogens (tertiary/aromatic N) is 2. The van der Waals surface area contributed by atoms with Gasteiger partial charge in [0.25, 0.3) is 0 Å². The van der Waals surface area contributed by atoms with Gasteiger partial charge in [0.1, 0.15) is 12.1 Å². The van der Waals surface area contributed by atoms with Crippen LogP contribution in [0, 0.1) is 11.7 Å². The molecular weight excluding hydrogens is 499 g/mol. The Hall–Kier alpha value is -1.80. The lowest BCUT2D eigenvalue weighted by Gasteiger charge is -2.14. The second-order valence-electron chi connectivity index (χ2n) is 8.25. The number of ether oxygens (including phenoxy) is 1. The number of imidazole rings is 1. The third-order valence-electron chi connectivity index (χ3n) is 5.73. The summed E-state index contributed by atoms with van der Waals surface area (Å²) in [6, 6.07) is 7.13. The van der Waals surface area contributed by atoms with Gasteiger partial charge >= 0.3 is 0 Å². The molecule has 0 unspecified atom stereocenters. The molecule has 3 aromatic rings. The average molecular weight is 524 g/mol. The smallest absolute Gasteiger partial charge is 0.188 e. The van der Waals surface area contributed by atoms with Crippen LogP contribution in [0.3, 0.4) is 0 Å². The number of rotatable bonds is 11. The molecule has 1 fully saturated rings. The second-order valence-corrected chi connectivity index (χ2v) is 9.57. The van der Waals surface area contributed by atoms with Crippen molar-refractivity contribution >= 4 is 44.3 Å². The Balaban J connectivity index is 1.71. The zero-order valence-corrected chi connectivity index (χ0v) is 20.0. The molecule has 1 saturated carbocycles. The number of aromatic nitrogens is 2. The molecule has 0 atom stereocenters. The lowest BCUT2D eigenvalue weighted by Crippen LogP contribution is -2.15. The fraction of sp³-hybridized carbons (Fsp3) is 0.417. The number of aryl methyl sites for hydroxylation is 1. The van der Waals surface area contributed by atoms with E-state index in [9.17, 15) is 4.79 Å². The van der Waals surface area contributed by atoms with Crippen LogP contribution in [0.5, 0.6) is 0 Å². The molecule has 0 spiro atoms. The van der Waals surface area contributed by atoms with Gasteiger partial charge in [-0.2, -0.15) is 0 Å². The first-order valence-electron chi connectivity index (χ1n) is 10.8. The number of halogens is 3. The summed E-state index contributed by atoms with van der Waals surface area (Å²) in [4.78, 5) is 17.4. The van der Waals surface area contributed by atoms with Crippen LogP contribution in [0.1, 0.15) is 47.2 Å². The average Bonchev–Trinajstić information content (AvgIpc) is 3.50. The van der Waals surface area contributed by atoms with Gasteiger partial charge in [-0.05, 0) is 55.4 Å². The highest BCUT2D eigenvalue weighted by molar-refractivity contribution is 9.10. The first kappa shape index (κ1) is 23.4. The van der Waals surface area contributed by atoms with Crippen LogP contribution < -0.4 is 0 Å². The van der Waals surface area contributed by atoms with Crippen LogP contribution in [0.15, 0.2) is 35.1 Å². The van der Waals surface area contributed by atoms with Crippen LogP contribution in [-0.4, -0.2) is 40.3 Å². The van der Waals surface area contributed by atoms with Gasteiger partial charge in [0.2, 0.25) is 0 Å². The molecule has 4 rings (SSSR count). The summed E-state index contributed by atoms with van der Waals surface area (Å²) >= 11 is 9.76. The molecule has 1 aliphatic carbocycles. The van der Waals surface area contributed by atoms with Crippen molar-refractivity contribution < 1.29 is 19.0 Å². The topological polar surface area (TPSA) is 64.3 Å². The standard InChI is InChI=1S/C24H25BrClFN2O3/c25-17-6-5-16(20(26)10-17)9-19-18(22(31)13-32-12-15-3-4-15)11-21-24(23(19)27)28-14-29(21)7-1-2-8-30/h5-6,10-11,14-15,30H,1-4,7-9,12-13H2. The predicted molar refractivity (Wildman–Crippen MR) is 126 cm³/mol. The summed E-state index contributed by atoms with van der Waals surface area (Å²) in [6.45, 7) is 1.16. The van der Waals surface area contributed by atoms with E-state index in [0.29, 0.717) is 41.6 Å². The monoisotopic (exact) mass is 522 g/mol. The molecule has 0 saturated heterocycles. The maximum absolute atomic E-state index is 15.7. The molecule has 5 nitrogen and oxygen atoms in total. The van der Waals surface area contributed by atoms with Crippen LogP contribution >= 0.6 is 27.5 Å². The molecule has 32 heavy (non-hydrogen) atoms. The van der Waals surface area contributed by atoms with E-state index < -0.39 is 5.82 Å². The van der Waals surface area contributed by atoms with E-state index in [1.807, 2.05) is 16.7 Å². The molecule has 0 aliphatic heterocycles. The van der Waals surface area contributed by atoms with Gasteiger partial charge in [0.05, 0.1) is 18.5 Å². The van der Waals surface area contributed by atoms with Gasteiger partial charge < -0.3 is 14.4 Å². The third kappa shape index (κ3) is 5.39. The van der Waals surface area contributed by atoms with Gasteiger partial charge in [0, 0.05) is 40.2 Å². The first-order valence-corrected chi connectivity index (χ1v) is 12.0. The SMILES string of the molecule is O=C(COCC1CC1)c1cc2c(ncn2CCCCO)c(F)c1Cc1ccc(Br)cc1Cl. The van der Waals surface area contributed by atoms with Crippen molar-refractivity contribution in [1.29, 1.82) is 0 Å². The van der Waals surface area contributed by atoms with E-state index in [1.165, 1.54) is 0 Å². The van der Waals surface area contributed by atoms with Gasteiger partial charge in [0.15, 0.2) is 11.6 Å². The number of carbonyl (C=O) groups excluding carboxylic acids is 1. The van der Waals surface area contributed by atoms with Gasteiger partial charge in [-0.25, -0.2) is 9.37 Å². The lowest BCUT2D eigenvalue weighted by molar-refractivity contribution is 0.0738. The molecule has 8 heteroatoms. The minimum Gasteiger partial charge on any atom is -0.396 e. The van der Waals surface area contributed by atoms with Crippen LogP contribution in [0.25, 0.3) is 11.0 Å². The highest BCUT2D eigenvalue weighted by Gasteiger charge is 2.24. The Morgan fingerprint density at radius 2 is 2.12 bits per heavy atom. The van der Waals surface area contributed by atoms with E-state index in [0.717, 1.165) is 29.3 Å². The second kappa shape index (κ2) is 10.4. The van der Waals surface area contributed by atoms with Crippen molar-refractivity contribution in [3.05, 3.63) is 62.6 Å². The van der Waals surface area contributed by atoms with E-state index in [4.69, 9.17) is 21.4 Å². The number of unbranched alkanes of at least 4 members (excludes halogenated alkanes) is 1. The molecule has 0 radical (unpaired) electrons. The Labute approximate surface area is 199 Å². The van der Waals surface area contributed by atoms with Crippen molar-refractivity contribution in [2.24, 2.45) is 5.92 Å². The highest BCUT2D eigenvalue weighted by Crippen LogP contribution is 2.31. The fourth-order valence-corrected chi connectivity index (χ4v) is 4.47. The molecule has 1 aromatic heterocycles. The number of fused-ring (bicyclic) bond motifs is 1. The van der Waals surface area contributed by atoms with E-state index in [2.05, 4.69) is 20.9 Å².